The lowest BCUT2D eigenvalue weighted by atomic mass is 9.62. The minimum absolute atomic E-state index is 0.193. The van der Waals surface area contributed by atoms with Crippen LogP contribution in [0.3, 0.4) is 0 Å². The van der Waals surface area contributed by atoms with Crippen LogP contribution < -0.4 is 0 Å². The highest BCUT2D eigenvalue weighted by molar-refractivity contribution is 5.87. The Labute approximate surface area is 138 Å². The SMILES string of the molecule is O=C(C=Cc1ccccc1)OCC12CCC3CC(CC(C3)C1)C2. The van der Waals surface area contributed by atoms with Gasteiger partial charge in [-0.05, 0) is 74.3 Å². The molecule has 4 saturated carbocycles. The van der Waals surface area contributed by atoms with Gasteiger partial charge >= 0.3 is 5.97 Å². The number of hydrogen-bond donors (Lipinski definition) is 0. The van der Waals surface area contributed by atoms with Gasteiger partial charge in [0.2, 0.25) is 0 Å². The first kappa shape index (κ1) is 15.0. The summed E-state index contributed by atoms with van der Waals surface area (Å²) >= 11 is 0. The lowest BCUT2D eigenvalue weighted by Crippen LogP contribution is -2.37. The van der Waals surface area contributed by atoms with Crippen LogP contribution in [0.5, 0.6) is 0 Å². The minimum Gasteiger partial charge on any atom is -0.462 e. The maximum absolute atomic E-state index is 12.1. The lowest BCUT2D eigenvalue weighted by molar-refractivity contribution is -0.143. The molecule has 0 amide bonds. The summed E-state index contributed by atoms with van der Waals surface area (Å²) in [5.41, 5.74) is 1.32. The minimum atomic E-state index is -0.193. The number of esters is 1. The van der Waals surface area contributed by atoms with Crippen molar-refractivity contribution in [2.75, 3.05) is 6.61 Å². The molecular formula is C21H26O2. The van der Waals surface area contributed by atoms with E-state index in [1.54, 1.807) is 6.08 Å². The fourth-order valence-corrected chi connectivity index (χ4v) is 5.49. The van der Waals surface area contributed by atoms with Crippen LogP contribution in [-0.2, 0) is 9.53 Å². The monoisotopic (exact) mass is 310 g/mol. The maximum Gasteiger partial charge on any atom is 0.330 e. The summed E-state index contributed by atoms with van der Waals surface area (Å²) in [6.45, 7) is 0.630. The predicted molar refractivity (Wildman–Crippen MR) is 91.7 cm³/mol. The van der Waals surface area contributed by atoms with Gasteiger partial charge in [-0.25, -0.2) is 4.79 Å². The second kappa shape index (κ2) is 6.14. The molecule has 0 radical (unpaired) electrons. The molecule has 0 heterocycles. The van der Waals surface area contributed by atoms with Crippen LogP contribution in [-0.4, -0.2) is 12.6 Å². The third-order valence-electron chi connectivity index (χ3n) is 6.26. The van der Waals surface area contributed by atoms with E-state index in [-0.39, 0.29) is 11.4 Å². The molecule has 122 valence electrons. The Bertz CT molecular complexity index is 575. The fourth-order valence-electron chi connectivity index (χ4n) is 5.49. The van der Waals surface area contributed by atoms with Crippen LogP contribution in [0.2, 0.25) is 0 Å². The summed E-state index contributed by atoms with van der Waals surface area (Å²) in [5, 5.41) is 0. The highest BCUT2D eigenvalue weighted by Crippen LogP contribution is 2.57. The van der Waals surface area contributed by atoms with Crippen LogP contribution >= 0.6 is 0 Å². The van der Waals surface area contributed by atoms with Crippen molar-refractivity contribution >= 4 is 12.0 Å². The first-order valence-corrected chi connectivity index (χ1v) is 9.11. The number of benzene rings is 1. The summed E-state index contributed by atoms with van der Waals surface area (Å²) in [5.74, 6) is 2.56. The number of carbonyl (C=O) groups excluding carboxylic acids is 1. The van der Waals surface area contributed by atoms with Gasteiger partial charge in [-0.2, -0.15) is 0 Å². The topological polar surface area (TPSA) is 26.3 Å². The Morgan fingerprint density at radius 3 is 2.52 bits per heavy atom. The van der Waals surface area contributed by atoms with Crippen molar-refractivity contribution in [2.24, 2.45) is 23.2 Å². The number of fused-ring (bicyclic) bond motifs is 1. The largest absolute Gasteiger partial charge is 0.462 e. The molecule has 5 rings (SSSR count). The van der Waals surface area contributed by atoms with Gasteiger partial charge in [0.25, 0.3) is 0 Å². The van der Waals surface area contributed by atoms with E-state index in [0.29, 0.717) is 6.61 Å². The van der Waals surface area contributed by atoms with E-state index < -0.39 is 0 Å². The lowest BCUT2D eigenvalue weighted by Gasteiger charge is -2.44. The molecule has 4 aliphatic carbocycles. The van der Waals surface area contributed by atoms with Gasteiger partial charge in [0.15, 0.2) is 0 Å². The van der Waals surface area contributed by atoms with Crippen molar-refractivity contribution in [3.05, 3.63) is 42.0 Å². The Hall–Kier alpha value is -1.57. The van der Waals surface area contributed by atoms with Crippen molar-refractivity contribution in [2.45, 2.75) is 44.9 Å². The van der Waals surface area contributed by atoms with E-state index in [0.717, 1.165) is 23.3 Å². The first-order chi connectivity index (χ1) is 11.2. The van der Waals surface area contributed by atoms with E-state index in [2.05, 4.69) is 0 Å². The van der Waals surface area contributed by atoms with Gasteiger partial charge < -0.3 is 4.74 Å². The molecule has 2 heteroatoms. The van der Waals surface area contributed by atoms with Gasteiger partial charge in [-0.3, -0.25) is 0 Å². The van der Waals surface area contributed by atoms with Crippen molar-refractivity contribution in [3.8, 4) is 0 Å². The Balaban J connectivity index is 1.37. The van der Waals surface area contributed by atoms with E-state index in [1.165, 1.54) is 44.9 Å². The van der Waals surface area contributed by atoms with Crippen LogP contribution in [0.1, 0.15) is 50.5 Å². The molecule has 0 aromatic heterocycles. The van der Waals surface area contributed by atoms with Crippen LogP contribution in [0.4, 0.5) is 0 Å². The number of rotatable bonds is 4. The highest BCUT2D eigenvalue weighted by Gasteiger charge is 2.48. The van der Waals surface area contributed by atoms with Crippen LogP contribution in [0.25, 0.3) is 6.08 Å². The number of ether oxygens (including phenoxy) is 1. The predicted octanol–water partition coefficient (Wildman–Crippen LogP) is 4.85. The second-order valence-corrected chi connectivity index (χ2v) is 8.10. The molecule has 4 aliphatic rings. The molecular weight excluding hydrogens is 284 g/mol. The summed E-state index contributed by atoms with van der Waals surface area (Å²) < 4.78 is 5.68. The molecule has 23 heavy (non-hydrogen) atoms. The summed E-state index contributed by atoms with van der Waals surface area (Å²) in [6, 6.07) is 9.92. The molecule has 0 aliphatic heterocycles. The molecule has 4 fully saturated rings. The highest BCUT2D eigenvalue weighted by atomic mass is 16.5. The zero-order valence-corrected chi connectivity index (χ0v) is 13.7. The number of hydrogen-bond acceptors (Lipinski definition) is 2. The number of carbonyl (C=O) groups is 1. The zero-order valence-electron chi connectivity index (χ0n) is 13.7. The fraction of sp³-hybridized carbons (Fsp3) is 0.571. The Morgan fingerprint density at radius 2 is 1.78 bits per heavy atom. The van der Waals surface area contributed by atoms with E-state index in [1.807, 2.05) is 36.4 Å². The second-order valence-electron chi connectivity index (χ2n) is 8.10. The average molecular weight is 310 g/mol. The first-order valence-electron chi connectivity index (χ1n) is 9.11. The van der Waals surface area contributed by atoms with Gasteiger partial charge in [0, 0.05) is 11.5 Å². The van der Waals surface area contributed by atoms with Crippen LogP contribution in [0, 0.1) is 23.2 Å². The smallest absolute Gasteiger partial charge is 0.330 e. The molecule has 0 spiro atoms. The zero-order chi connectivity index (χ0) is 15.7. The van der Waals surface area contributed by atoms with Gasteiger partial charge in [0.05, 0.1) is 6.61 Å². The van der Waals surface area contributed by atoms with Gasteiger partial charge in [-0.1, -0.05) is 30.3 Å². The van der Waals surface area contributed by atoms with Crippen LogP contribution in [0.15, 0.2) is 36.4 Å². The molecule has 2 unspecified atom stereocenters. The molecule has 0 saturated heterocycles. The molecule has 4 bridgehead atoms. The molecule has 2 nitrogen and oxygen atoms in total. The molecule has 1 aromatic carbocycles. The van der Waals surface area contributed by atoms with Crippen molar-refractivity contribution in [3.63, 3.8) is 0 Å². The van der Waals surface area contributed by atoms with Crippen molar-refractivity contribution in [1.29, 1.82) is 0 Å². The van der Waals surface area contributed by atoms with E-state index >= 15 is 0 Å². The normalized spacial score (nSPS) is 35.4. The van der Waals surface area contributed by atoms with Gasteiger partial charge in [-0.15, -0.1) is 0 Å². The summed E-state index contributed by atoms with van der Waals surface area (Å²) in [6.07, 6.45) is 12.9. The third-order valence-corrected chi connectivity index (χ3v) is 6.26. The summed E-state index contributed by atoms with van der Waals surface area (Å²) in [4.78, 5) is 12.1. The van der Waals surface area contributed by atoms with Crippen molar-refractivity contribution in [1.82, 2.24) is 0 Å². The Morgan fingerprint density at radius 1 is 1.09 bits per heavy atom. The summed E-state index contributed by atoms with van der Waals surface area (Å²) in [7, 11) is 0. The molecule has 2 atom stereocenters. The molecule has 0 N–H and O–H groups in total. The third kappa shape index (κ3) is 3.36. The maximum atomic E-state index is 12.1. The van der Waals surface area contributed by atoms with E-state index in [9.17, 15) is 4.79 Å². The Kier molecular flexibility index (Phi) is 4.00. The average Bonchev–Trinajstić information content (AvgIpc) is 2.76. The van der Waals surface area contributed by atoms with E-state index in [4.69, 9.17) is 4.74 Å². The standard InChI is InChI=1S/C21H26O2/c22-20(7-6-16-4-2-1-3-5-16)23-15-21-9-8-17-10-18(13-21)12-19(11-17)14-21/h1-7,17-19H,8-15H2. The van der Waals surface area contributed by atoms with Crippen molar-refractivity contribution < 1.29 is 9.53 Å². The quantitative estimate of drug-likeness (QED) is 0.587. The van der Waals surface area contributed by atoms with Gasteiger partial charge in [0.1, 0.15) is 0 Å². The molecule has 1 aromatic rings.